The zero-order valence-corrected chi connectivity index (χ0v) is 9.03. The molecule has 0 radical (unpaired) electrons. The predicted octanol–water partition coefficient (Wildman–Crippen LogP) is 0.809. The third-order valence-electron chi connectivity index (χ3n) is 3.08. The van der Waals surface area contributed by atoms with Crippen LogP contribution in [0.3, 0.4) is 0 Å². The highest BCUT2D eigenvalue weighted by atomic mass is 16.5. The van der Waals surface area contributed by atoms with Crippen LogP contribution in [-0.4, -0.2) is 25.7 Å². The number of nitrogens with one attached hydrogen (secondary N) is 1. The van der Waals surface area contributed by atoms with E-state index in [0.29, 0.717) is 24.7 Å². The molecule has 1 fully saturated rings. The number of carbonyl (C=O) groups is 1. The summed E-state index contributed by atoms with van der Waals surface area (Å²) in [6.45, 7) is 0.840. The highest BCUT2D eigenvalue weighted by Gasteiger charge is 2.41. The van der Waals surface area contributed by atoms with Crippen LogP contribution in [0, 0.1) is 11.3 Å². The van der Waals surface area contributed by atoms with Crippen molar-refractivity contribution in [1.82, 2.24) is 0 Å². The normalized spacial score (nSPS) is 20.3. The van der Waals surface area contributed by atoms with E-state index in [1.54, 1.807) is 12.1 Å². The Morgan fingerprint density at radius 3 is 2.88 bits per heavy atom. The van der Waals surface area contributed by atoms with Crippen LogP contribution >= 0.6 is 0 Å². The van der Waals surface area contributed by atoms with Crippen LogP contribution in [0.2, 0.25) is 0 Å². The van der Waals surface area contributed by atoms with Crippen LogP contribution in [0.1, 0.15) is 5.56 Å². The third-order valence-corrected chi connectivity index (χ3v) is 3.08. The Hall–Kier alpha value is -2.06. The average molecular weight is 230 g/mol. The van der Waals surface area contributed by atoms with Crippen molar-refractivity contribution in [2.75, 3.05) is 25.1 Å². The molecule has 3 rings (SSSR count). The lowest BCUT2D eigenvalue weighted by atomic mass is 9.80. The van der Waals surface area contributed by atoms with E-state index in [9.17, 15) is 10.1 Å². The number of nitriles is 1. The van der Waals surface area contributed by atoms with Gasteiger partial charge in [-0.2, -0.15) is 5.26 Å². The molecule has 1 N–H and O–H groups in total. The lowest BCUT2D eigenvalue weighted by Crippen LogP contribution is -2.45. The standard InChI is InChI=1S/C12H10N2O3/c13-5-12(6-16-7-12)8-1-2-10-9(3-8)14-11(15)4-17-10/h1-3H,4,6-7H2,(H,14,15). The predicted molar refractivity (Wildman–Crippen MR) is 58.7 cm³/mol. The van der Waals surface area contributed by atoms with Gasteiger partial charge >= 0.3 is 0 Å². The second kappa shape index (κ2) is 3.47. The monoisotopic (exact) mass is 230 g/mol. The summed E-state index contributed by atoms with van der Waals surface area (Å²) in [5.74, 6) is 0.465. The lowest BCUT2D eigenvalue weighted by Gasteiger charge is -2.36. The molecule has 2 heterocycles. The Labute approximate surface area is 97.9 Å². The number of benzene rings is 1. The number of hydrogen-bond donors (Lipinski definition) is 1. The van der Waals surface area contributed by atoms with Gasteiger partial charge in [0.15, 0.2) is 6.61 Å². The summed E-state index contributed by atoms with van der Waals surface area (Å²) >= 11 is 0. The van der Waals surface area contributed by atoms with Gasteiger partial charge in [0, 0.05) is 0 Å². The molecule has 0 aromatic heterocycles. The zero-order valence-electron chi connectivity index (χ0n) is 9.03. The van der Waals surface area contributed by atoms with E-state index in [1.807, 2.05) is 6.07 Å². The maximum atomic E-state index is 11.2. The van der Waals surface area contributed by atoms with Gasteiger partial charge in [-0.15, -0.1) is 0 Å². The van der Waals surface area contributed by atoms with E-state index in [-0.39, 0.29) is 12.5 Å². The van der Waals surface area contributed by atoms with Crippen LogP contribution in [-0.2, 0) is 14.9 Å². The number of hydrogen-bond acceptors (Lipinski definition) is 4. The zero-order chi connectivity index (χ0) is 11.9. The maximum Gasteiger partial charge on any atom is 0.262 e. The second-order valence-corrected chi connectivity index (χ2v) is 4.23. The molecular formula is C12H10N2O3. The van der Waals surface area contributed by atoms with Gasteiger partial charge in [0.1, 0.15) is 11.2 Å². The van der Waals surface area contributed by atoms with Crippen LogP contribution in [0.25, 0.3) is 0 Å². The second-order valence-electron chi connectivity index (χ2n) is 4.23. The smallest absolute Gasteiger partial charge is 0.262 e. The van der Waals surface area contributed by atoms with Gasteiger partial charge in [-0.25, -0.2) is 0 Å². The lowest BCUT2D eigenvalue weighted by molar-refractivity contribution is -0.118. The number of anilines is 1. The molecule has 1 amide bonds. The van der Waals surface area contributed by atoms with E-state index in [1.165, 1.54) is 0 Å². The first-order valence-corrected chi connectivity index (χ1v) is 5.30. The average Bonchev–Trinajstić information content (AvgIpc) is 2.28. The highest BCUT2D eigenvalue weighted by molar-refractivity contribution is 5.95. The van der Waals surface area contributed by atoms with Crippen LogP contribution in [0.4, 0.5) is 5.69 Å². The summed E-state index contributed by atoms with van der Waals surface area (Å²) in [4.78, 5) is 11.2. The SMILES string of the molecule is N#CC1(c2ccc3c(c2)NC(=O)CO3)COC1. The largest absolute Gasteiger partial charge is 0.482 e. The Kier molecular flexibility index (Phi) is 2.06. The fraction of sp³-hybridized carbons (Fsp3) is 0.333. The van der Waals surface area contributed by atoms with E-state index in [4.69, 9.17) is 9.47 Å². The summed E-state index contributed by atoms with van der Waals surface area (Å²) < 4.78 is 10.4. The van der Waals surface area contributed by atoms with E-state index in [2.05, 4.69) is 11.4 Å². The van der Waals surface area contributed by atoms with E-state index < -0.39 is 5.41 Å². The number of amides is 1. The molecule has 1 aromatic carbocycles. The first-order chi connectivity index (χ1) is 8.23. The molecule has 1 saturated heterocycles. The molecule has 0 saturated carbocycles. The van der Waals surface area contributed by atoms with Gasteiger partial charge in [-0.1, -0.05) is 6.07 Å². The van der Waals surface area contributed by atoms with Gasteiger partial charge in [-0.05, 0) is 17.7 Å². The summed E-state index contributed by atoms with van der Waals surface area (Å²) in [6, 6.07) is 7.69. The Morgan fingerprint density at radius 2 is 2.24 bits per heavy atom. The number of rotatable bonds is 1. The Balaban J connectivity index is 2.01. The molecule has 2 aliphatic rings. The van der Waals surface area contributed by atoms with Crippen LogP contribution in [0.15, 0.2) is 18.2 Å². The topological polar surface area (TPSA) is 71.4 Å². The molecule has 0 bridgehead atoms. The summed E-state index contributed by atoms with van der Waals surface area (Å²) in [5, 5.41) is 11.9. The molecule has 17 heavy (non-hydrogen) atoms. The van der Waals surface area contributed by atoms with Crippen LogP contribution < -0.4 is 10.1 Å². The van der Waals surface area contributed by atoms with E-state index in [0.717, 1.165) is 5.56 Å². The first kappa shape index (κ1) is 10.1. The van der Waals surface area contributed by atoms with Gasteiger partial charge in [0.2, 0.25) is 0 Å². The fourth-order valence-corrected chi connectivity index (χ4v) is 1.98. The molecule has 0 unspecified atom stereocenters. The maximum absolute atomic E-state index is 11.2. The molecular weight excluding hydrogens is 220 g/mol. The molecule has 2 aliphatic heterocycles. The Bertz CT molecular complexity index is 529. The quantitative estimate of drug-likeness (QED) is 0.774. The van der Waals surface area contributed by atoms with Crippen LogP contribution in [0.5, 0.6) is 5.75 Å². The van der Waals surface area contributed by atoms with Gasteiger partial charge in [0.05, 0.1) is 25.0 Å². The highest BCUT2D eigenvalue weighted by Crippen LogP contribution is 2.37. The first-order valence-electron chi connectivity index (χ1n) is 5.30. The van der Waals surface area contributed by atoms with Gasteiger partial charge in [0.25, 0.3) is 5.91 Å². The van der Waals surface area contributed by atoms with Crippen molar-refractivity contribution in [2.24, 2.45) is 0 Å². The minimum atomic E-state index is -0.572. The number of fused-ring (bicyclic) bond motifs is 1. The van der Waals surface area contributed by atoms with E-state index >= 15 is 0 Å². The van der Waals surface area contributed by atoms with Crippen molar-refractivity contribution in [3.63, 3.8) is 0 Å². The van der Waals surface area contributed by atoms with Crippen molar-refractivity contribution >= 4 is 11.6 Å². The number of carbonyl (C=O) groups excluding carboxylic acids is 1. The molecule has 0 atom stereocenters. The summed E-state index contributed by atoms with van der Waals surface area (Å²) in [7, 11) is 0. The summed E-state index contributed by atoms with van der Waals surface area (Å²) in [6.07, 6.45) is 0. The van der Waals surface area contributed by atoms with Crippen molar-refractivity contribution < 1.29 is 14.3 Å². The summed E-state index contributed by atoms with van der Waals surface area (Å²) in [5.41, 5.74) is 0.910. The van der Waals surface area contributed by atoms with Gasteiger partial charge < -0.3 is 14.8 Å². The molecule has 0 spiro atoms. The molecule has 5 nitrogen and oxygen atoms in total. The number of nitrogens with zero attached hydrogens (tertiary/aromatic N) is 1. The van der Waals surface area contributed by atoms with Crippen molar-refractivity contribution in [2.45, 2.75) is 5.41 Å². The molecule has 5 heteroatoms. The number of ether oxygens (including phenoxy) is 2. The fourth-order valence-electron chi connectivity index (χ4n) is 1.98. The van der Waals surface area contributed by atoms with Gasteiger partial charge in [-0.3, -0.25) is 4.79 Å². The molecule has 0 aliphatic carbocycles. The van der Waals surface area contributed by atoms with Crippen molar-refractivity contribution in [3.05, 3.63) is 23.8 Å². The van der Waals surface area contributed by atoms with Crippen molar-refractivity contribution in [1.29, 1.82) is 5.26 Å². The minimum absolute atomic E-state index is 0.0405. The minimum Gasteiger partial charge on any atom is -0.482 e. The van der Waals surface area contributed by atoms with Crippen molar-refractivity contribution in [3.8, 4) is 11.8 Å². The third kappa shape index (κ3) is 1.46. The Morgan fingerprint density at radius 1 is 1.41 bits per heavy atom. The molecule has 1 aromatic rings. The molecule has 86 valence electrons.